The summed E-state index contributed by atoms with van der Waals surface area (Å²) in [5.41, 5.74) is 0.0484. The van der Waals surface area contributed by atoms with E-state index < -0.39 is 11.1 Å². The highest BCUT2D eigenvalue weighted by molar-refractivity contribution is 5.97. The van der Waals surface area contributed by atoms with E-state index in [4.69, 9.17) is 0 Å². The molecule has 9 heteroatoms. The zero-order valence-electron chi connectivity index (χ0n) is 13.2. The summed E-state index contributed by atoms with van der Waals surface area (Å²) in [7, 11) is 0. The van der Waals surface area contributed by atoms with E-state index in [2.05, 4.69) is 25.5 Å². The Hall–Kier alpha value is -3.23. The lowest BCUT2D eigenvalue weighted by Crippen LogP contribution is -2.36. The van der Waals surface area contributed by atoms with E-state index in [-0.39, 0.29) is 11.9 Å². The number of hydrogen-bond acceptors (Lipinski definition) is 5. The van der Waals surface area contributed by atoms with Crippen molar-refractivity contribution in [3.63, 3.8) is 0 Å². The first-order valence-electron chi connectivity index (χ1n) is 7.44. The molecule has 0 saturated carbocycles. The van der Waals surface area contributed by atoms with Crippen LogP contribution in [0.2, 0.25) is 0 Å². The Labute approximate surface area is 135 Å². The molecule has 3 N–H and O–H groups in total. The molecule has 0 aliphatic heterocycles. The third kappa shape index (κ3) is 2.71. The molecule has 0 spiro atoms. The number of aryl methyl sites for hydroxylation is 1. The highest BCUT2D eigenvalue weighted by Gasteiger charge is 2.15. The molecule has 9 nitrogen and oxygen atoms in total. The maximum absolute atomic E-state index is 12.4. The third-order valence-electron chi connectivity index (χ3n) is 3.74. The summed E-state index contributed by atoms with van der Waals surface area (Å²) in [5.74, 6) is 0.216. The average Bonchev–Trinajstić information content (AvgIpc) is 3.10. The van der Waals surface area contributed by atoms with E-state index in [1.54, 1.807) is 32.0 Å². The summed E-state index contributed by atoms with van der Waals surface area (Å²) in [6.07, 6.45) is 1.36. The van der Waals surface area contributed by atoms with Crippen LogP contribution in [0.15, 0.2) is 34.1 Å². The minimum absolute atomic E-state index is 0.323. The lowest BCUT2D eigenvalue weighted by atomic mass is 10.1. The van der Waals surface area contributed by atoms with Crippen molar-refractivity contribution in [3.8, 4) is 0 Å². The minimum Gasteiger partial charge on any atom is -0.342 e. The monoisotopic (exact) mass is 328 g/mol. The van der Waals surface area contributed by atoms with Gasteiger partial charge in [-0.05, 0) is 32.0 Å². The van der Waals surface area contributed by atoms with Gasteiger partial charge in [-0.15, -0.1) is 0 Å². The van der Waals surface area contributed by atoms with Crippen molar-refractivity contribution in [2.45, 2.75) is 26.4 Å². The summed E-state index contributed by atoms with van der Waals surface area (Å²) < 4.78 is 1.37. The largest absolute Gasteiger partial charge is 0.342 e. The van der Waals surface area contributed by atoms with Gasteiger partial charge < -0.3 is 14.9 Å². The second kappa shape index (κ2) is 6.11. The van der Waals surface area contributed by atoms with Crippen LogP contribution in [0.25, 0.3) is 11.0 Å². The topological polar surface area (TPSA) is 126 Å². The van der Waals surface area contributed by atoms with Gasteiger partial charge in [-0.25, -0.2) is 4.98 Å². The van der Waals surface area contributed by atoms with E-state index in [0.29, 0.717) is 29.0 Å². The molecule has 2 heterocycles. The van der Waals surface area contributed by atoms with E-state index in [9.17, 15) is 14.4 Å². The number of amides is 1. The van der Waals surface area contributed by atoms with Gasteiger partial charge in [0.05, 0.1) is 17.1 Å². The van der Waals surface area contributed by atoms with Crippen molar-refractivity contribution in [3.05, 3.63) is 56.6 Å². The Kier molecular flexibility index (Phi) is 3.98. The van der Waals surface area contributed by atoms with E-state index in [1.165, 1.54) is 10.9 Å². The van der Waals surface area contributed by atoms with Crippen molar-refractivity contribution in [1.82, 2.24) is 30.0 Å². The molecule has 1 atom stereocenters. The molecule has 0 bridgehead atoms. The first kappa shape index (κ1) is 15.7. The molecule has 0 saturated heterocycles. The second-order valence-corrected chi connectivity index (χ2v) is 5.30. The lowest BCUT2D eigenvalue weighted by molar-refractivity contribution is 0.0938. The van der Waals surface area contributed by atoms with Crippen LogP contribution in [-0.2, 0) is 6.54 Å². The number of nitrogens with one attached hydrogen (secondary N) is 3. The molecule has 0 aliphatic carbocycles. The van der Waals surface area contributed by atoms with Gasteiger partial charge in [-0.1, -0.05) is 0 Å². The van der Waals surface area contributed by atoms with Gasteiger partial charge in [0, 0.05) is 12.1 Å². The Morgan fingerprint density at radius 3 is 2.83 bits per heavy atom. The normalized spacial score (nSPS) is 12.2. The lowest BCUT2D eigenvalue weighted by Gasteiger charge is -2.12. The predicted octanol–water partition coefficient (Wildman–Crippen LogP) is 0.319. The van der Waals surface area contributed by atoms with E-state index in [1.807, 2.05) is 0 Å². The van der Waals surface area contributed by atoms with Gasteiger partial charge in [0.15, 0.2) is 0 Å². The fourth-order valence-corrected chi connectivity index (χ4v) is 2.51. The molecule has 0 radical (unpaired) electrons. The SMILES string of the molecule is CCn1c(=O)c(=O)[nH]c2cc(C(=O)N[C@@H](C)c3ncn[nH]3)ccc21. The zero-order chi connectivity index (χ0) is 17.3. The standard InChI is InChI=1S/C15H16N6O3/c1-3-21-11-5-4-9(6-10(11)19-14(23)15(21)24)13(22)18-8(2)12-16-7-17-20-12/h4-8H,3H2,1-2H3,(H,18,22)(H,19,23)(H,16,17,20)/t8-/m0/s1. The number of carbonyl (C=O) groups excluding carboxylic acids is 1. The van der Waals surface area contributed by atoms with Crippen LogP contribution in [0.3, 0.4) is 0 Å². The number of H-pyrrole nitrogens is 2. The second-order valence-electron chi connectivity index (χ2n) is 5.30. The summed E-state index contributed by atoms with van der Waals surface area (Å²) in [6, 6.07) is 4.45. The van der Waals surface area contributed by atoms with Crippen LogP contribution in [0, 0.1) is 0 Å². The quantitative estimate of drug-likeness (QED) is 0.595. The van der Waals surface area contributed by atoms with Gasteiger partial charge in [0.1, 0.15) is 12.2 Å². The third-order valence-corrected chi connectivity index (χ3v) is 3.74. The molecule has 1 amide bonds. The van der Waals surface area contributed by atoms with Crippen LogP contribution in [-0.4, -0.2) is 30.6 Å². The Morgan fingerprint density at radius 1 is 1.38 bits per heavy atom. The van der Waals surface area contributed by atoms with Crippen molar-refractivity contribution >= 4 is 16.9 Å². The van der Waals surface area contributed by atoms with Crippen molar-refractivity contribution in [2.24, 2.45) is 0 Å². The van der Waals surface area contributed by atoms with Gasteiger partial charge in [-0.2, -0.15) is 5.10 Å². The number of aromatic amines is 2. The van der Waals surface area contributed by atoms with Crippen molar-refractivity contribution < 1.29 is 4.79 Å². The molecule has 0 aliphatic rings. The summed E-state index contributed by atoms with van der Waals surface area (Å²) in [5, 5.41) is 9.22. The van der Waals surface area contributed by atoms with Gasteiger partial charge >= 0.3 is 11.1 Å². The van der Waals surface area contributed by atoms with Crippen LogP contribution in [0.4, 0.5) is 0 Å². The molecule has 1 aromatic carbocycles. The van der Waals surface area contributed by atoms with Crippen LogP contribution >= 0.6 is 0 Å². The van der Waals surface area contributed by atoms with E-state index in [0.717, 1.165) is 0 Å². The fourth-order valence-electron chi connectivity index (χ4n) is 2.51. The number of rotatable bonds is 4. The van der Waals surface area contributed by atoms with Gasteiger partial charge in [-0.3, -0.25) is 19.5 Å². The first-order chi connectivity index (χ1) is 11.5. The number of fused-ring (bicyclic) bond motifs is 1. The Balaban J connectivity index is 1.96. The summed E-state index contributed by atoms with van der Waals surface area (Å²) in [6.45, 7) is 3.92. The smallest absolute Gasteiger partial charge is 0.316 e. The van der Waals surface area contributed by atoms with Crippen LogP contribution in [0.5, 0.6) is 0 Å². The first-order valence-corrected chi connectivity index (χ1v) is 7.44. The van der Waals surface area contributed by atoms with E-state index >= 15 is 0 Å². The van der Waals surface area contributed by atoms with Crippen molar-refractivity contribution in [1.29, 1.82) is 0 Å². The average molecular weight is 328 g/mol. The Bertz CT molecular complexity index is 1000. The molecule has 3 aromatic rings. The predicted molar refractivity (Wildman–Crippen MR) is 86.8 cm³/mol. The van der Waals surface area contributed by atoms with Gasteiger partial charge in [0.2, 0.25) is 0 Å². The number of nitrogens with zero attached hydrogens (tertiary/aromatic N) is 3. The number of hydrogen-bond donors (Lipinski definition) is 3. The number of benzene rings is 1. The fraction of sp³-hybridized carbons (Fsp3) is 0.267. The molecule has 3 rings (SSSR count). The van der Waals surface area contributed by atoms with Crippen LogP contribution < -0.4 is 16.4 Å². The highest BCUT2D eigenvalue weighted by atomic mass is 16.2. The Morgan fingerprint density at radius 2 is 2.17 bits per heavy atom. The number of carbonyl (C=O) groups is 1. The number of aromatic nitrogens is 5. The minimum atomic E-state index is -0.711. The molecule has 2 aromatic heterocycles. The zero-order valence-corrected chi connectivity index (χ0v) is 13.2. The summed E-state index contributed by atoms with van der Waals surface area (Å²) >= 11 is 0. The van der Waals surface area contributed by atoms with Crippen LogP contribution in [0.1, 0.15) is 36.1 Å². The maximum Gasteiger partial charge on any atom is 0.316 e. The molecule has 124 valence electrons. The molecule has 0 unspecified atom stereocenters. The molecule has 0 fully saturated rings. The molecular formula is C15H16N6O3. The summed E-state index contributed by atoms with van der Waals surface area (Å²) in [4.78, 5) is 42.4. The van der Waals surface area contributed by atoms with Crippen molar-refractivity contribution in [2.75, 3.05) is 0 Å². The molecular weight excluding hydrogens is 312 g/mol. The highest BCUT2D eigenvalue weighted by Crippen LogP contribution is 2.13. The maximum atomic E-state index is 12.4. The van der Waals surface area contributed by atoms with Gasteiger partial charge in [0.25, 0.3) is 5.91 Å². The molecule has 24 heavy (non-hydrogen) atoms.